The van der Waals surface area contributed by atoms with Crippen LogP contribution in [-0.4, -0.2) is 91.3 Å². The van der Waals surface area contributed by atoms with E-state index >= 15 is 0 Å². The minimum Gasteiger partial charge on any atom is -0.460 e. The number of rotatable bonds is 14. The lowest BCUT2D eigenvalue weighted by atomic mass is 9.97. The maximum atomic E-state index is 12.6. The Balaban J connectivity index is 3.79. The Morgan fingerprint density at radius 1 is 0.773 bits per heavy atom. The van der Waals surface area contributed by atoms with E-state index in [-0.39, 0.29) is 28.3 Å². The molecule has 1 heterocycles. The van der Waals surface area contributed by atoms with Crippen LogP contribution < -0.4 is 0 Å². The van der Waals surface area contributed by atoms with Crippen molar-refractivity contribution in [3.8, 4) is 0 Å². The van der Waals surface area contributed by atoms with Crippen LogP contribution in [0.25, 0.3) is 0 Å². The molecule has 1 N–H and O–H groups in total. The molecule has 1 rings (SSSR count). The zero-order chi connectivity index (χ0) is 34.9. The average Bonchev–Trinajstić information content (AvgIpc) is 3.13. The molecule has 1 aliphatic rings. The summed E-state index contributed by atoms with van der Waals surface area (Å²) >= 11 is 0. The number of carbonyl (C=O) groups is 2. The van der Waals surface area contributed by atoms with Gasteiger partial charge in [-0.3, -0.25) is 4.79 Å². The fourth-order valence-electron chi connectivity index (χ4n) is 4.10. The number of Topliss-reactive ketones (excluding diaryl/α,β-unsaturated/α-hetero) is 1. The van der Waals surface area contributed by atoms with Gasteiger partial charge in [0.25, 0.3) is 0 Å². The van der Waals surface area contributed by atoms with E-state index in [1.165, 1.54) is 0 Å². The van der Waals surface area contributed by atoms with Crippen molar-refractivity contribution in [2.75, 3.05) is 13.2 Å². The van der Waals surface area contributed by atoms with E-state index in [1.54, 1.807) is 20.8 Å². The van der Waals surface area contributed by atoms with Crippen LogP contribution in [0.2, 0.25) is 54.4 Å². The first-order valence-corrected chi connectivity index (χ1v) is 24.8. The molecule has 0 aromatic carbocycles. The Hall–Kier alpha value is -0.449. The second-order valence-corrected chi connectivity index (χ2v) is 31.6. The molecular formula is C32H66O9Si3. The quantitative estimate of drug-likeness (QED) is 0.116. The van der Waals surface area contributed by atoms with E-state index in [4.69, 9.17) is 27.5 Å². The second kappa shape index (κ2) is 14.3. The highest BCUT2D eigenvalue weighted by Crippen LogP contribution is 2.44. The van der Waals surface area contributed by atoms with Gasteiger partial charge in [-0.1, -0.05) is 62.3 Å². The number of aliphatic hydroxyl groups is 1. The van der Waals surface area contributed by atoms with Crippen molar-refractivity contribution in [3.05, 3.63) is 0 Å². The molecule has 1 saturated heterocycles. The van der Waals surface area contributed by atoms with Gasteiger partial charge in [0.15, 0.2) is 30.7 Å². The number of hydrogen-bond donors (Lipinski definition) is 1. The topological polar surface area (TPSA) is 110 Å². The van der Waals surface area contributed by atoms with E-state index < -0.39 is 79.4 Å². The zero-order valence-electron chi connectivity index (χ0n) is 31.2. The van der Waals surface area contributed by atoms with Crippen LogP contribution in [0.4, 0.5) is 0 Å². The molecule has 0 saturated carbocycles. The molecule has 1 aliphatic heterocycles. The van der Waals surface area contributed by atoms with Gasteiger partial charge in [-0.15, -0.1) is 0 Å². The van der Waals surface area contributed by atoms with E-state index in [1.807, 2.05) is 0 Å². The van der Waals surface area contributed by atoms with Crippen LogP contribution in [-0.2, 0) is 37.1 Å². The summed E-state index contributed by atoms with van der Waals surface area (Å²) in [6.45, 7) is 38.4. The standard InChI is InChI=1S/C32H66O9Si3/c1-19-36-28(35)23(34)20-22(33)25-27(39-32(11,12)38-25)26(41-44(17,18)31(8,9)10)24(40-43(15,16)30(5,6)7)21-37-42(13,14)29(2,3)4/h22,24-27,33H,19-21H2,1-18H3/t22-,24+,25+,26+,27+/m0/s1. The highest BCUT2D eigenvalue weighted by molar-refractivity contribution is 6.75. The first kappa shape index (κ1) is 41.6. The molecule has 0 aromatic heterocycles. The van der Waals surface area contributed by atoms with Crippen molar-refractivity contribution in [2.45, 2.75) is 180 Å². The predicted octanol–water partition coefficient (Wildman–Crippen LogP) is 7.19. The Labute approximate surface area is 271 Å². The molecule has 0 radical (unpaired) electrons. The minimum absolute atomic E-state index is 0.0224. The van der Waals surface area contributed by atoms with Crippen molar-refractivity contribution in [1.82, 2.24) is 0 Å². The van der Waals surface area contributed by atoms with Crippen LogP contribution in [0.15, 0.2) is 0 Å². The lowest BCUT2D eigenvalue weighted by molar-refractivity contribution is -0.166. The number of esters is 1. The predicted molar refractivity (Wildman–Crippen MR) is 183 cm³/mol. The summed E-state index contributed by atoms with van der Waals surface area (Å²) in [5.74, 6) is -2.87. The van der Waals surface area contributed by atoms with Crippen LogP contribution in [0.5, 0.6) is 0 Å². The van der Waals surface area contributed by atoms with E-state index in [2.05, 4.69) is 102 Å². The summed E-state index contributed by atoms with van der Waals surface area (Å²) in [6.07, 6.45) is -4.79. The van der Waals surface area contributed by atoms with E-state index in [9.17, 15) is 14.7 Å². The highest BCUT2D eigenvalue weighted by Gasteiger charge is 2.55. The van der Waals surface area contributed by atoms with E-state index in [0.717, 1.165) is 0 Å². The lowest BCUT2D eigenvalue weighted by Gasteiger charge is -2.48. The van der Waals surface area contributed by atoms with Gasteiger partial charge in [-0.2, -0.15) is 0 Å². The Kier molecular flexibility index (Phi) is 13.6. The molecular weight excluding hydrogens is 613 g/mol. The van der Waals surface area contributed by atoms with Crippen molar-refractivity contribution >= 4 is 36.7 Å². The molecule has 0 unspecified atom stereocenters. The third-order valence-corrected chi connectivity index (χ3v) is 23.5. The monoisotopic (exact) mass is 678 g/mol. The van der Waals surface area contributed by atoms with Crippen LogP contribution in [0.1, 0.15) is 89.5 Å². The maximum absolute atomic E-state index is 12.6. The third kappa shape index (κ3) is 10.8. The Morgan fingerprint density at radius 2 is 1.20 bits per heavy atom. The second-order valence-electron chi connectivity index (χ2n) is 17.3. The summed E-state index contributed by atoms with van der Waals surface area (Å²) in [6, 6.07) is 0. The Morgan fingerprint density at radius 3 is 1.64 bits per heavy atom. The van der Waals surface area contributed by atoms with Crippen molar-refractivity contribution in [2.24, 2.45) is 0 Å². The lowest BCUT2D eigenvalue weighted by Crippen LogP contribution is -2.60. The fourth-order valence-corrected chi connectivity index (χ4v) is 7.75. The molecule has 12 heteroatoms. The highest BCUT2D eigenvalue weighted by atomic mass is 28.4. The number of hydrogen-bond acceptors (Lipinski definition) is 9. The number of carbonyl (C=O) groups excluding carboxylic acids is 2. The largest absolute Gasteiger partial charge is 0.460 e. The molecule has 0 aliphatic carbocycles. The maximum Gasteiger partial charge on any atom is 0.374 e. The summed E-state index contributed by atoms with van der Waals surface area (Å²) in [7, 11) is -7.06. The smallest absolute Gasteiger partial charge is 0.374 e. The molecule has 9 nitrogen and oxygen atoms in total. The fraction of sp³-hybridized carbons (Fsp3) is 0.938. The summed E-state index contributed by atoms with van der Waals surface area (Å²) < 4.78 is 38.9. The average molecular weight is 679 g/mol. The molecule has 0 amide bonds. The summed E-state index contributed by atoms with van der Waals surface area (Å²) in [5, 5.41) is 11.2. The van der Waals surface area contributed by atoms with Gasteiger partial charge in [0.05, 0.1) is 25.4 Å². The van der Waals surface area contributed by atoms with Crippen LogP contribution in [0.3, 0.4) is 0 Å². The third-order valence-electron chi connectivity index (χ3n) is 10.0. The minimum atomic E-state index is -2.47. The van der Waals surface area contributed by atoms with Gasteiger partial charge in [-0.25, -0.2) is 4.79 Å². The molecule has 0 bridgehead atoms. The first-order valence-electron chi connectivity index (χ1n) is 16.1. The van der Waals surface area contributed by atoms with Gasteiger partial charge in [0.1, 0.15) is 18.3 Å². The van der Waals surface area contributed by atoms with Crippen molar-refractivity contribution < 1.29 is 42.2 Å². The number of aliphatic hydroxyl groups excluding tert-OH is 1. The Bertz CT molecular complexity index is 975. The first-order chi connectivity index (χ1) is 19.4. The molecule has 0 spiro atoms. The van der Waals surface area contributed by atoms with Gasteiger partial charge >= 0.3 is 5.97 Å². The van der Waals surface area contributed by atoms with Crippen molar-refractivity contribution in [1.29, 1.82) is 0 Å². The van der Waals surface area contributed by atoms with E-state index in [0.29, 0.717) is 0 Å². The van der Waals surface area contributed by atoms with Gasteiger partial charge in [0, 0.05) is 6.42 Å². The number of ether oxygens (including phenoxy) is 3. The van der Waals surface area contributed by atoms with Gasteiger partial charge in [0.2, 0.25) is 5.78 Å². The molecule has 1 fully saturated rings. The van der Waals surface area contributed by atoms with Gasteiger partial charge in [-0.05, 0) is 75.2 Å². The normalized spacial score (nSPS) is 22.4. The summed E-state index contributed by atoms with van der Waals surface area (Å²) in [5.41, 5.74) is 0. The molecule has 0 aromatic rings. The zero-order valence-corrected chi connectivity index (χ0v) is 34.2. The van der Waals surface area contributed by atoms with Gasteiger partial charge < -0.3 is 32.6 Å². The number of ketones is 1. The van der Waals surface area contributed by atoms with Crippen LogP contribution in [0, 0.1) is 0 Å². The molecule has 5 atom stereocenters. The molecule has 44 heavy (non-hydrogen) atoms. The summed E-state index contributed by atoms with van der Waals surface area (Å²) in [4.78, 5) is 24.8. The molecule has 260 valence electrons. The SMILES string of the molecule is CCOC(=O)C(=O)C[C@H](O)[C@H]1OC(C)(C)O[C@H]1[C@H](O[Si](C)(C)C(C)(C)C)[C@@H](CO[Si](C)(C)C(C)(C)C)O[Si](C)(C)C(C)(C)C. The van der Waals surface area contributed by atoms with Crippen molar-refractivity contribution in [3.63, 3.8) is 0 Å². The van der Waals surface area contributed by atoms with Crippen LogP contribution >= 0.6 is 0 Å².